The van der Waals surface area contributed by atoms with Gasteiger partial charge in [-0.25, -0.2) is 19.2 Å². The van der Waals surface area contributed by atoms with Crippen LogP contribution in [0.3, 0.4) is 0 Å². The molecule has 0 spiro atoms. The van der Waals surface area contributed by atoms with Crippen LogP contribution in [0.1, 0.15) is 18.3 Å². The number of para-hydroxylation sites is 2. The maximum Gasteiger partial charge on any atom is 0.260 e. The van der Waals surface area contributed by atoms with E-state index in [2.05, 4.69) is 15.5 Å². The molecule has 0 saturated carbocycles. The van der Waals surface area contributed by atoms with Crippen molar-refractivity contribution in [2.45, 2.75) is 20.4 Å². The molecule has 3 aromatic rings. The Bertz CT molecular complexity index is 978. The van der Waals surface area contributed by atoms with Crippen molar-refractivity contribution < 1.29 is 13.6 Å². The predicted molar refractivity (Wildman–Crippen MR) is 91.2 cm³/mol. The van der Waals surface area contributed by atoms with E-state index >= 15 is 0 Å². The molecule has 1 amide bonds. The molecule has 1 heterocycles. The number of hydrogen-bond acceptors (Lipinski definition) is 3. The molecule has 0 fully saturated rings. The van der Waals surface area contributed by atoms with Gasteiger partial charge in [-0.3, -0.25) is 4.79 Å². The first-order valence-corrected chi connectivity index (χ1v) is 7.66. The maximum atomic E-state index is 13.7. The van der Waals surface area contributed by atoms with Gasteiger partial charge in [0.05, 0.1) is 16.7 Å². The number of amides is 1. The van der Waals surface area contributed by atoms with Crippen LogP contribution in [0.4, 0.5) is 8.78 Å². The number of carbonyl (C=O) groups is 1. The molecule has 5 nitrogen and oxygen atoms in total. The Balaban J connectivity index is 1.75. The van der Waals surface area contributed by atoms with Crippen molar-refractivity contribution >= 4 is 22.7 Å². The van der Waals surface area contributed by atoms with Gasteiger partial charge >= 0.3 is 0 Å². The third kappa shape index (κ3) is 3.55. The number of fused-ring (bicyclic) bond motifs is 1. The molecule has 0 aliphatic rings. The number of benzene rings is 2. The van der Waals surface area contributed by atoms with Crippen LogP contribution in [0.2, 0.25) is 0 Å². The first-order chi connectivity index (χ1) is 12.0. The Morgan fingerprint density at radius 1 is 1.24 bits per heavy atom. The summed E-state index contributed by atoms with van der Waals surface area (Å²) in [5.74, 6) is -1.05. The van der Waals surface area contributed by atoms with Crippen LogP contribution in [-0.4, -0.2) is 21.2 Å². The molecule has 25 heavy (non-hydrogen) atoms. The number of aromatic nitrogens is 2. The van der Waals surface area contributed by atoms with Gasteiger partial charge in [-0.05, 0) is 38.1 Å². The number of rotatable bonds is 4. The molecule has 0 atom stereocenters. The van der Waals surface area contributed by atoms with E-state index in [1.54, 1.807) is 4.57 Å². The summed E-state index contributed by atoms with van der Waals surface area (Å²) in [5, 5.41) is 3.90. The highest BCUT2D eigenvalue weighted by Gasteiger charge is 2.11. The molecule has 0 aliphatic carbocycles. The van der Waals surface area contributed by atoms with Crippen molar-refractivity contribution in [1.29, 1.82) is 0 Å². The van der Waals surface area contributed by atoms with E-state index in [4.69, 9.17) is 0 Å². The molecule has 3 rings (SSSR count). The topological polar surface area (TPSA) is 59.3 Å². The Morgan fingerprint density at radius 3 is 2.76 bits per heavy atom. The highest BCUT2D eigenvalue weighted by Crippen LogP contribution is 2.15. The van der Waals surface area contributed by atoms with Crippen molar-refractivity contribution in [1.82, 2.24) is 15.0 Å². The van der Waals surface area contributed by atoms with Gasteiger partial charge in [0.2, 0.25) is 0 Å². The van der Waals surface area contributed by atoms with Crippen LogP contribution in [-0.2, 0) is 11.3 Å². The van der Waals surface area contributed by atoms with Gasteiger partial charge in [-0.2, -0.15) is 5.10 Å². The van der Waals surface area contributed by atoms with Crippen LogP contribution >= 0.6 is 0 Å². The average molecular weight is 342 g/mol. The Hall–Kier alpha value is -3.09. The molecule has 128 valence electrons. The first-order valence-electron chi connectivity index (χ1n) is 7.66. The number of hydrogen-bond donors (Lipinski definition) is 1. The molecule has 0 unspecified atom stereocenters. The third-order valence-electron chi connectivity index (χ3n) is 3.82. The summed E-state index contributed by atoms with van der Waals surface area (Å²) in [7, 11) is 0. The normalized spacial score (nSPS) is 11.8. The zero-order chi connectivity index (χ0) is 18.0. The van der Waals surface area contributed by atoms with Crippen molar-refractivity contribution in [2.75, 3.05) is 0 Å². The summed E-state index contributed by atoms with van der Waals surface area (Å²) in [5.41, 5.74) is 4.43. The van der Waals surface area contributed by atoms with Crippen LogP contribution in [0, 0.1) is 18.6 Å². The van der Waals surface area contributed by atoms with Crippen LogP contribution in [0.15, 0.2) is 47.6 Å². The molecule has 1 aromatic heterocycles. The summed E-state index contributed by atoms with van der Waals surface area (Å²) in [6, 6.07) is 10.7. The highest BCUT2D eigenvalue weighted by molar-refractivity contribution is 5.99. The summed E-state index contributed by atoms with van der Waals surface area (Å²) in [6.07, 6.45) is 0. The van der Waals surface area contributed by atoms with Crippen molar-refractivity contribution in [3.05, 3.63) is 65.5 Å². The quantitative estimate of drug-likeness (QED) is 0.585. The van der Waals surface area contributed by atoms with Gasteiger partial charge < -0.3 is 4.57 Å². The number of carbonyl (C=O) groups excluding carboxylic acids is 1. The lowest BCUT2D eigenvalue weighted by molar-refractivity contribution is -0.121. The lowest BCUT2D eigenvalue weighted by Gasteiger charge is -2.07. The maximum absolute atomic E-state index is 13.7. The minimum Gasteiger partial charge on any atom is -0.319 e. The molecule has 0 bridgehead atoms. The predicted octanol–water partition coefficient (Wildman–Crippen LogP) is 3.16. The van der Waals surface area contributed by atoms with E-state index in [1.165, 1.54) is 13.0 Å². The largest absolute Gasteiger partial charge is 0.319 e. The summed E-state index contributed by atoms with van der Waals surface area (Å²) < 4.78 is 28.4. The van der Waals surface area contributed by atoms with Gasteiger partial charge in [-0.15, -0.1) is 0 Å². The van der Waals surface area contributed by atoms with E-state index in [0.29, 0.717) is 5.82 Å². The van der Waals surface area contributed by atoms with E-state index < -0.39 is 11.6 Å². The zero-order valence-electron chi connectivity index (χ0n) is 13.8. The summed E-state index contributed by atoms with van der Waals surface area (Å²) in [4.78, 5) is 16.6. The first kappa shape index (κ1) is 16.8. The second-order valence-corrected chi connectivity index (χ2v) is 5.59. The monoisotopic (exact) mass is 342 g/mol. The van der Waals surface area contributed by atoms with Gasteiger partial charge in [0.1, 0.15) is 24.0 Å². The fourth-order valence-electron chi connectivity index (χ4n) is 2.56. The molecule has 2 aromatic carbocycles. The van der Waals surface area contributed by atoms with Crippen LogP contribution in [0.5, 0.6) is 0 Å². The number of aryl methyl sites for hydroxylation is 1. The zero-order valence-corrected chi connectivity index (χ0v) is 13.8. The fourth-order valence-corrected chi connectivity index (χ4v) is 2.56. The third-order valence-corrected chi connectivity index (χ3v) is 3.82. The fraction of sp³-hybridized carbons (Fsp3) is 0.167. The summed E-state index contributed by atoms with van der Waals surface area (Å²) in [6.45, 7) is 3.39. The standard InChI is InChI=1S/C18H16F2N4O/c1-11(14-8-7-13(19)9-15(14)20)22-23-18(25)10-24-12(2)21-16-5-3-4-6-17(16)24/h3-9H,10H2,1-2H3,(H,23,25)/b22-11+. The molecular weight excluding hydrogens is 326 g/mol. The minimum absolute atomic E-state index is 0.0367. The lowest BCUT2D eigenvalue weighted by atomic mass is 10.1. The molecule has 7 heteroatoms. The van der Waals surface area contributed by atoms with Gasteiger partial charge in [0.25, 0.3) is 5.91 Å². The number of nitrogens with one attached hydrogen (secondary N) is 1. The smallest absolute Gasteiger partial charge is 0.260 e. The van der Waals surface area contributed by atoms with Gasteiger partial charge in [-0.1, -0.05) is 12.1 Å². The molecule has 1 N–H and O–H groups in total. The number of halogens is 2. The van der Waals surface area contributed by atoms with E-state index in [0.717, 1.165) is 23.2 Å². The molecule has 0 aliphatic heterocycles. The van der Waals surface area contributed by atoms with Crippen molar-refractivity contribution in [3.63, 3.8) is 0 Å². The Kier molecular flexibility index (Phi) is 4.56. The van der Waals surface area contributed by atoms with Crippen LogP contribution < -0.4 is 5.43 Å². The second-order valence-electron chi connectivity index (χ2n) is 5.59. The van der Waals surface area contributed by atoms with Crippen molar-refractivity contribution in [2.24, 2.45) is 5.10 Å². The van der Waals surface area contributed by atoms with E-state index in [9.17, 15) is 13.6 Å². The van der Waals surface area contributed by atoms with Crippen molar-refractivity contribution in [3.8, 4) is 0 Å². The molecule has 0 saturated heterocycles. The Morgan fingerprint density at radius 2 is 2.00 bits per heavy atom. The van der Waals surface area contributed by atoms with Crippen LogP contribution in [0.25, 0.3) is 11.0 Å². The average Bonchev–Trinajstić information content (AvgIpc) is 2.88. The van der Waals surface area contributed by atoms with Gasteiger partial charge in [0, 0.05) is 11.6 Å². The number of nitrogens with zero attached hydrogens (tertiary/aromatic N) is 3. The minimum atomic E-state index is -0.730. The number of hydrazone groups is 1. The number of imidazole rings is 1. The Labute approximate surface area is 143 Å². The summed E-state index contributed by atoms with van der Waals surface area (Å²) >= 11 is 0. The van der Waals surface area contributed by atoms with E-state index in [1.807, 2.05) is 31.2 Å². The SMILES string of the molecule is C/C(=N\NC(=O)Cn1c(C)nc2ccccc21)c1ccc(F)cc1F. The second kappa shape index (κ2) is 6.80. The highest BCUT2D eigenvalue weighted by atomic mass is 19.1. The van der Waals surface area contributed by atoms with Gasteiger partial charge in [0.15, 0.2) is 0 Å². The molecule has 0 radical (unpaired) electrons. The van der Waals surface area contributed by atoms with E-state index in [-0.39, 0.29) is 23.7 Å². The lowest BCUT2D eigenvalue weighted by Crippen LogP contribution is -2.25. The molecular formula is C18H16F2N4O.